The lowest BCUT2D eigenvalue weighted by Crippen LogP contribution is -2.43. The Balaban J connectivity index is 1.59. The average molecular weight is 383 g/mol. The number of rotatable bonds is 4. The molecule has 1 saturated heterocycles. The summed E-state index contributed by atoms with van der Waals surface area (Å²) in [7, 11) is 0. The first kappa shape index (κ1) is 18.1. The van der Waals surface area contributed by atoms with Crippen LogP contribution in [0.25, 0.3) is 0 Å². The molecule has 0 aliphatic carbocycles. The summed E-state index contributed by atoms with van der Waals surface area (Å²) in [6.07, 6.45) is 2.78. The van der Waals surface area contributed by atoms with Crippen LogP contribution >= 0.6 is 22.9 Å². The summed E-state index contributed by atoms with van der Waals surface area (Å²) in [5, 5.41) is 5.81. The van der Waals surface area contributed by atoms with E-state index in [1.54, 1.807) is 11.3 Å². The number of hydrogen-bond acceptors (Lipinski definition) is 5. The van der Waals surface area contributed by atoms with E-state index in [1.807, 2.05) is 18.5 Å². The smallest absolute Gasteiger partial charge is 0.241 e. The number of halogens is 2. The molecule has 2 heterocycles. The summed E-state index contributed by atoms with van der Waals surface area (Å²) >= 11 is 7.40. The van der Waals surface area contributed by atoms with Crippen molar-refractivity contribution in [3.8, 4) is 0 Å². The molecule has 1 N–H and O–H groups in total. The van der Waals surface area contributed by atoms with E-state index in [9.17, 15) is 9.18 Å². The minimum atomic E-state index is -0.498. The minimum absolute atomic E-state index is 0.000634. The Morgan fingerprint density at radius 3 is 2.92 bits per heavy atom. The number of carbonyl (C=O) groups excluding carboxylic acids is 1. The highest BCUT2D eigenvalue weighted by Gasteiger charge is 2.24. The minimum Gasteiger partial charge on any atom is -0.347 e. The zero-order chi connectivity index (χ0) is 17.8. The maximum absolute atomic E-state index is 13.2. The van der Waals surface area contributed by atoms with Gasteiger partial charge in [0, 0.05) is 43.4 Å². The molecule has 1 aliphatic rings. The second-order valence-corrected chi connectivity index (χ2v) is 7.27. The number of anilines is 2. The lowest BCUT2D eigenvalue weighted by atomic mass is 10.2. The quantitative estimate of drug-likeness (QED) is 0.879. The number of nitrogens with one attached hydrogen (secondary N) is 1. The first-order chi connectivity index (χ1) is 12.0. The molecule has 1 amide bonds. The fraction of sp³-hybridized carbons (Fsp3) is 0.412. The molecule has 0 radical (unpaired) electrons. The van der Waals surface area contributed by atoms with Crippen LogP contribution in [0.1, 0.15) is 13.3 Å². The lowest BCUT2D eigenvalue weighted by Gasteiger charge is -2.27. The summed E-state index contributed by atoms with van der Waals surface area (Å²) in [5.41, 5.74) is 0.502. The summed E-state index contributed by atoms with van der Waals surface area (Å²) in [6.45, 7) is 5.30. The van der Waals surface area contributed by atoms with Gasteiger partial charge in [-0.2, -0.15) is 0 Å². The maximum atomic E-state index is 13.2. The van der Waals surface area contributed by atoms with Crippen LogP contribution in [0, 0.1) is 5.82 Å². The molecule has 25 heavy (non-hydrogen) atoms. The molecular formula is C17H20ClFN4OS. The van der Waals surface area contributed by atoms with Crippen LogP contribution in [-0.2, 0) is 4.79 Å². The van der Waals surface area contributed by atoms with Gasteiger partial charge in [0.25, 0.3) is 0 Å². The summed E-state index contributed by atoms with van der Waals surface area (Å²) in [6, 6.07) is 3.91. The van der Waals surface area contributed by atoms with Crippen molar-refractivity contribution in [1.29, 1.82) is 0 Å². The second kappa shape index (κ2) is 8.12. The maximum Gasteiger partial charge on any atom is 0.241 e. The van der Waals surface area contributed by atoms with Crippen molar-refractivity contribution in [3.63, 3.8) is 0 Å². The average Bonchev–Trinajstić information content (AvgIpc) is 3.02. The number of hydrogen-bond donors (Lipinski definition) is 1. The van der Waals surface area contributed by atoms with Gasteiger partial charge in [0.15, 0.2) is 5.13 Å². The fourth-order valence-corrected chi connectivity index (χ4v) is 3.75. The van der Waals surface area contributed by atoms with E-state index < -0.39 is 5.82 Å². The summed E-state index contributed by atoms with van der Waals surface area (Å²) in [4.78, 5) is 21.3. The molecule has 0 spiro atoms. The number of aromatic nitrogens is 1. The number of benzene rings is 1. The molecule has 0 saturated carbocycles. The van der Waals surface area contributed by atoms with Crippen LogP contribution in [0.5, 0.6) is 0 Å². The van der Waals surface area contributed by atoms with Crippen molar-refractivity contribution in [2.45, 2.75) is 19.4 Å². The van der Waals surface area contributed by atoms with Gasteiger partial charge in [0.05, 0.1) is 11.1 Å². The van der Waals surface area contributed by atoms with Gasteiger partial charge in [0.2, 0.25) is 5.91 Å². The Morgan fingerprint density at radius 2 is 2.20 bits per heavy atom. The number of nitrogens with zero attached hydrogens (tertiary/aromatic N) is 3. The van der Waals surface area contributed by atoms with Gasteiger partial charge in [-0.15, -0.1) is 11.3 Å². The van der Waals surface area contributed by atoms with E-state index in [1.165, 1.54) is 18.2 Å². The van der Waals surface area contributed by atoms with Gasteiger partial charge in [-0.05, 0) is 31.5 Å². The van der Waals surface area contributed by atoms with Crippen LogP contribution in [0.2, 0.25) is 5.02 Å². The van der Waals surface area contributed by atoms with Crippen LogP contribution in [0.4, 0.5) is 15.2 Å². The molecule has 1 fully saturated rings. The second-order valence-electron chi connectivity index (χ2n) is 5.99. The molecule has 0 bridgehead atoms. The molecule has 8 heteroatoms. The van der Waals surface area contributed by atoms with E-state index in [-0.39, 0.29) is 17.0 Å². The number of thiazole rings is 1. The van der Waals surface area contributed by atoms with E-state index in [4.69, 9.17) is 11.6 Å². The Hall–Kier alpha value is -1.70. The van der Waals surface area contributed by atoms with Crippen molar-refractivity contribution in [3.05, 3.63) is 40.6 Å². The van der Waals surface area contributed by atoms with Crippen LogP contribution in [0.3, 0.4) is 0 Å². The van der Waals surface area contributed by atoms with Crippen molar-refractivity contribution in [1.82, 2.24) is 9.88 Å². The highest BCUT2D eigenvalue weighted by molar-refractivity contribution is 7.13. The third kappa shape index (κ3) is 4.48. The van der Waals surface area contributed by atoms with Gasteiger partial charge < -0.3 is 10.2 Å². The zero-order valence-corrected chi connectivity index (χ0v) is 15.5. The monoisotopic (exact) mass is 382 g/mol. The summed E-state index contributed by atoms with van der Waals surface area (Å²) < 4.78 is 13.2. The first-order valence-electron chi connectivity index (χ1n) is 8.19. The highest BCUT2D eigenvalue weighted by atomic mass is 35.5. The molecule has 1 aromatic carbocycles. The lowest BCUT2D eigenvalue weighted by molar-refractivity contribution is -0.120. The van der Waals surface area contributed by atoms with E-state index in [0.717, 1.165) is 37.7 Å². The van der Waals surface area contributed by atoms with Crippen molar-refractivity contribution in [2.75, 3.05) is 36.4 Å². The van der Waals surface area contributed by atoms with E-state index >= 15 is 0 Å². The van der Waals surface area contributed by atoms with Crippen molar-refractivity contribution >= 4 is 39.7 Å². The molecule has 1 aliphatic heterocycles. The molecule has 2 aromatic rings. The molecule has 134 valence electrons. The van der Waals surface area contributed by atoms with Crippen LogP contribution in [0.15, 0.2) is 29.8 Å². The highest BCUT2D eigenvalue weighted by Crippen LogP contribution is 2.21. The number of carbonyl (C=O) groups is 1. The topological polar surface area (TPSA) is 48.5 Å². The predicted octanol–water partition coefficient (Wildman–Crippen LogP) is 3.47. The molecule has 1 atom stereocenters. The molecule has 5 nitrogen and oxygen atoms in total. The Kier molecular flexibility index (Phi) is 5.88. The van der Waals surface area contributed by atoms with Crippen molar-refractivity contribution < 1.29 is 9.18 Å². The van der Waals surface area contributed by atoms with E-state index in [2.05, 4.69) is 20.1 Å². The third-order valence-electron chi connectivity index (χ3n) is 4.33. The van der Waals surface area contributed by atoms with Gasteiger partial charge in [-0.25, -0.2) is 9.37 Å². The van der Waals surface area contributed by atoms with Crippen LogP contribution in [-0.4, -0.2) is 48.0 Å². The van der Waals surface area contributed by atoms with Crippen molar-refractivity contribution in [2.24, 2.45) is 0 Å². The standard InChI is InChI=1S/C17H20ClFN4OS/c1-12(16(24)21-13-3-4-15(19)14(18)11-13)22-6-2-7-23(9-8-22)17-20-5-10-25-17/h3-5,10-12H,2,6-9H2,1H3,(H,21,24). The molecule has 3 rings (SSSR count). The molecular weight excluding hydrogens is 363 g/mol. The van der Waals surface area contributed by atoms with Gasteiger partial charge >= 0.3 is 0 Å². The Labute approximate surface area is 155 Å². The Morgan fingerprint density at radius 1 is 1.36 bits per heavy atom. The van der Waals surface area contributed by atoms with Gasteiger partial charge in [-0.3, -0.25) is 9.69 Å². The number of amides is 1. The SMILES string of the molecule is CC(C(=O)Nc1ccc(F)c(Cl)c1)N1CCCN(c2nccs2)CC1. The normalized spacial score (nSPS) is 17.2. The summed E-state index contributed by atoms with van der Waals surface area (Å²) in [5.74, 6) is -0.618. The fourth-order valence-electron chi connectivity index (χ4n) is 2.87. The zero-order valence-electron chi connectivity index (χ0n) is 13.9. The molecule has 1 aromatic heterocycles. The predicted molar refractivity (Wildman–Crippen MR) is 100 cm³/mol. The molecule has 1 unspecified atom stereocenters. The van der Waals surface area contributed by atoms with Gasteiger partial charge in [0.1, 0.15) is 5.82 Å². The van der Waals surface area contributed by atoms with E-state index in [0.29, 0.717) is 5.69 Å². The third-order valence-corrected chi connectivity index (χ3v) is 5.46. The largest absolute Gasteiger partial charge is 0.347 e. The Bertz CT molecular complexity index is 727. The van der Waals surface area contributed by atoms with Crippen LogP contribution < -0.4 is 10.2 Å². The first-order valence-corrected chi connectivity index (χ1v) is 9.45. The van der Waals surface area contributed by atoms with Gasteiger partial charge in [-0.1, -0.05) is 11.6 Å².